The molecule has 0 heterocycles. The lowest BCUT2D eigenvalue weighted by atomic mass is 10.0. The fourth-order valence-electron chi connectivity index (χ4n) is 1.93. The number of rotatable bonds is 7. The van der Waals surface area contributed by atoms with Crippen LogP contribution >= 0.6 is 0 Å². The summed E-state index contributed by atoms with van der Waals surface area (Å²) in [5.41, 5.74) is 2.31. The normalized spacial score (nSPS) is 13.7. The predicted molar refractivity (Wildman–Crippen MR) is 81.2 cm³/mol. The average Bonchev–Trinajstić information content (AvgIpc) is 2.38. The zero-order chi connectivity index (χ0) is 14.5. The van der Waals surface area contributed by atoms with Crippen molar-refractivity contribution in [3.8, 4) is 0 Å². The molecule has 1 aromatic rings. The number of aryl methyl sites for hydroxylation is 1. The highest BCUT2D eigenvalue weighted by Gasteiger charge is 2.23. The lowest BCUT2D eigenvalue weighted by molar-refractivity contribution is 0.553. The van der Waals surface area contributed by atoms with Gasteiger partial charge in [-0.3, -0.25) is 0 Å². The zero-order valence-corrected chi connectivity index (χ0v) is 13.1. The smallest absolute Gasteiger partial charge is 0.154 e. The van der Waals surface area contributed by atoms with E-state index in [2.05, 4.69) is 24.4 Å². The first kappa shape index (κ1) is 16.2. The molecule has 0 radical (unpaired) electrons. The SMILES string of the molecule is CCNC(CS(=O)(=O)C(C)C)c1ccc(CC)cc1. The van der Waals surface area contributed by atoms with E-state index in [4.69, 9.17) is 0 Å². The summed E-state index contributed by atoms with van der Waals surface area (Å²) in [6.45, 7) is 8.33. The van der Waals surface area contributed by atoms with E-state index in [1.807, 2.05) is 19.1 Å². The van der Waals surface area contributed by atoms with Crippen molar-refractivity contribution in [2.75, 3.05) is 12.3 Å². The number of hydrogen-bond donors (Lipinski definition) is 1. The van der Waals surface area contributed by atoms with E-state index in [1.54, 1.807) is 13.8 Å². The largest absolute Gasteiger partial charge is 0.309 e. The van der Waals surface area contributed by atoms with Gasteiger partial charge in [-0.25, -0.2) is 8.42 Å². The molecule has 0 bridgehead atoms. The van der Waals surface area contributed by atoms with Crippen LogP contribution in [-0.4, -0.2) is 26.0 Å². The maximum Gasteiger partial charge on any atom is 0.154 e. The molecule has 1 unspecified atom stereocenters. The van der Waals surface area contributed by atoms with Crippen LogP contribution in [0.2, 0.25) is 0 Å². The average molecular weight is 283 g/mol. The second-order valence-electron chi connectivity index (χ2n) is 5.08. The molecule has 0 saturated heterocycles. The number of sulfone groups is 1. The first-order valence-corrected chi connectivity index (χ1v) is 8.66. The summed E-state index contributed by atoms with van der Waals surface area (Å²) in [5.74, 6) is 0.157. The van der Waals surface area contributed by atoms with E-state index in [0.717, 1.165) is 18.5 Å². The third kappa shape index (κ3) is 4.62. The molecule has 0 aliphatic carbocycles. The maximum absolute atomic E-state index is 12.1. The molecule has 0 amide bonds. The minimum absolute atomic E-state index is 0.122. The molecule has 1 aromatic carbocycles. The third-order valence-electron chi connectivity index (χ3n) is 3.36. The Bertz CT molecular complexity index is 477. The summed E-state index contributed by atoms with van der Waals surface area (Å²) in [4.78, 5) is 0. The Balaban J connectivity index is 2.93. The van der Waals surface area contributed by atoms with Gasteiger partial charge in [0, 0.05) is 6.04 Å². The Morgan fingerprint density at radius 3 is 2.11 bits per heavy atom. The van der Waals surface area contributed by atoms with Gasteiger partial charge < -0.3 is 5.32 Å². The standard InChI is InChI=1S/C15H25NO2S/c1-5-13-7-9-14(10-8-13)15(16-6-2)11-19(17,18)12(3)4/h7-10,12,15-16H,5-6,11H2,1-4H3. The van der Waals surface area contributed by atoms with E-state index >= 15 is 0 Å². The second-order valence-corrected chi connectivity index (χ2v) is 7.69. The van der Waals surface area contributed by atoms with Gasteiger partial charge in [-0.05, 0) is 37.9 Å². The lowest BCUT2D eigenvalue weighted by Crippen LogP contribution is -2.31. The molecule has 19 heavy (non-hydrogen) atoms. The third-order valence-corrected chi connectivity index (χ3v) is 5.59. The Labute approximate surface area is 117 Å². The van der Waals surface area contributed by atoms with Gasteiger partial charge in [0.25, 0.3) is 0 Å². The zero-order valence-electron chi connectivity index (χ0n) is 12.3. The quantitative estimate of drug-likeness (QED) is 0.837. The summed E-state index contributed by atoms with van der Waals surface area (Å²) in [6, 6.07) is 8.08. The molecule has 0 saturated carbocycles. The van der Waals surface area contributed by atoms with Crippen LogP contribution in [0.4, 0.5) is 0 Å². The minimum Gasteiger partial charge on any atom is -0.309 e. The number of hydrogen-bond acceptors (Lipinski definition) is 3. The fourth-order valence-corrected chi connectivity index (χ4v) is 3.09. The Morgan fingerprint density at radius 1 is 1.11 bits per heavy atom. The molecule has 0 aromatic heterocycles. The van der Waals surface area contributed by atoms with Gasteiger partial charge in [0.1, 0.15) is 0 Å². The Morgan fingerprint density at radius 2 is 1.68 bits per heavy atom. The van der Waals surface area contributed by atoms with Crippen molar-refractivity contribution in [3.63, 3.8) is 0 Å². The summed E-state index contributed by atoms with van der Waals surface area (Å²) in [7, 11) is -3.05. The van der Waals surface area contributed by atoms with Gasteiger partial charge in [0.2, 0.25) is 0 Å². The Kier molecular flexibility index (Phi) is 6.01. The fraction of sp³-hybridized carbons (Fsp3) is 0.600. The van der Waals surface area contributed by atoms with Crippen molar-refractivity contribution in [3.05, 3.63) is 35.4 Å². The first-order chi connectivity index (χ1) is 8.90. The molecule has 3 nitrogen and oxygen atoms in total. The summed E-state index contributed by atoms with van der Waals surface area (Å²) >= 11 is 0. The van der Waals surface area contributed by atoms with Crippen LogP contribution in [0.15, 0.2) is 24.3 Å². The Hall–Kier alpha value is -0.870. The minimum atomic E-state index is -3.05. The van der Waals surface area contributed by atoms with Crippen LogP contribution in [0.3, 0.4) is 0 Å². The van der Waals surface area contributed by atoms with Crippen LogP contribution in [0.5, 0.6) is 0 Å². The first-order valence-electron chi connectivity index (χ1n) is 6.94. The molecule has 0 aliphatic rings. The van der Waals surface area contributed by atoms with Crippen molar-refractivity contribution >= 4 is 9.84 Å². The van der Waals surface area contributed by atoms with E-state index in [-0.39, 0.29) is 17.0 Å². The highest BCUT2D eigenvalue weighted by Crippen LogP contribution is 2.18. The van der Waals surface area contributed by atoms with Crippen LogP contribution in [0.25, 0.3) is 0 Å². The molecule has 1 N–H and O–H groups in total. The lowest BCUT2D eigenvalue weighted by Gasteiger charge is -2.20. The van der Waals surface area contributed by atoms with E-state index < -0.39 is 9.84 Å². The van der Waals surface area contributed by atoms with E-state index in [1.165, 1.54) is 5.56 Å². The van der Waals surface area contributed by atoms with Gasteiger partial charge in [-0.1, -0.05) is 38.1 Å². The highest BCUT2D eigenvalue weighted by atomic mass is 32.2. The predicted octanol–water partition coefficient (Wildman–Crippen LogP) is 2.72. The van der Waals surface area contributed by atoms with Gasteiger partial charge in [0.15, 0.2) is 9.84 Å². The molecule has 0 fully saturated rings. The van der Waals surface area contributed by atoms with Gasteiger partial charge >= 0.3 is 0 Å². The van der Waals surface area contributed by atoms with Crippen molar-refractivity contribution in [1.29, 1.82) is 0 Å². The number of nitrogens with one attached hydrogen (secondary N) is 1. The molecule has 108 valence electrons. The van der Waals surface area contributed by atoms with Crippen LogP contribution in [0, 0.1) is 0 Å². The molecular weight excluding hydrogens is 258 g/mol. The summed E-state index contributed by atoms with van der Waals surface area (Å²) < 4.78 is 24.1. The molecule has 4 heteroatoms. The molecular formula is C15H25NO2S. The molecule has 0 aliphatic heterocycles. The van der Waals surface area contributed by atoms with Crippen molar-refractivity contribution in [1.82, 2.24) is 5.32 Å². The van der Waals surface area contributed by atoms with E-state index in [9.17, 15) is 8.42 Å². The van der Waals surface area contributed by atoms with Crippen LogP contribution < -0.4 is 5.32 Å². The molecule has 1 atom stereocenters. The molecule has 0 spiro atoms. The summed E-state index contributed by atoms with van der Waals surface area (Å²) in [6.07, 6.45) is 0.996. The van der Waals surface area contributed by atoms with Crippen LogP contribution in [-0.2, 0) is 16.3 Å². The maximum atomic E-state index is 12.1. The summed E-state index contributed by atoms with van der Waals surface area (Å²) in [5, 5.41) is 2.94. The number of benzene rings is 1. The van der Waals surface area contributed by atoms with Crippen molar-refractivity contribution < 1.29 is 8.42 Å². The van der Waals surface area contributed by atoms with Gasteiger partial charge in [0.05, 0.1) is 11.0 Å². The molecule has 1 rings (SSSR count). The van der Waals surface area contributed by atoms with Crippen molar-refractivity contribution in [2.24, 2.45) is 0 Å². The second kappa shape index (κ2) is 7.06. The van der Waals surface area contributed by atoms with E-state index in [0.29, 0.717) is 0 Å². The van der Waals surface area contributed by atoms with Gasteiger partial charge in [-0.2, -0.15) is 0 Å². The van der Waals surface area contributed by atoms with Gasteiger partial charge in [-0.15, -0.1) is 0 Å². The van der Waals surface area contributed by atoms with Crippen molar-refractivity contribution in [2.45, 2.75) is 45.4 Å². The monoisotopic (exact) mass is 283 g/mol. The highest BCUT2D eigenvalue weighted by molar-refractivity contribution is 7.92. The van der Waals surface area contributed by atoms with Crippen LogP contribution in [0.1, 0.15) is 44.9 Å². The topological polar surface area (TPSA) is 46.2 Å².